The molecule has 0 aliphatic carbocycles. The van der Waals surface area contributed by atoms with Gasteiger partial charge in [-0.3, -0.25) is 0 Å². The van der Waals surface area contributed by atoms with Crippen LogP contribution in [0, 0.1) is 12.7 Å². The summed E-state index contributed by atoms with van der Waals surface area (Å²) in [7, 11) is 1.59. The number of rotatable bonds is 4. The third kappa shape index (κ3) is 3.38. The summed E-state index contributed by atoms with van der Waals surface area (Å²) in [5.74, 6) is 0.436. The average Bonchev–Trinajstić information content (AvgIpc) is 2.39. The fraction of sp³-hybridized carbons (Fsp3) is 0.200. The van der Waals surface area contributed by atoms with Crippen LogP contribution in [0.2, 0.25) is 5.02 Å². The molecule has 0 atom stereocenters. The first kappa shape index (κ1) is 13.7. The van der Waals surface area contributed by atoms with Gasteiger partial charge < -0.3 is 10.1 Å². The fourth-order valence-corrected chi connectivity index (χ4v) is 1.97. The topological polar surface area (TPSA) is 21.3 Å². The largest absolute Gasteiger partial charge is 0.495 e. The number of anilines is 1. The molecule has 0 aliphatic heterocycles. The minimum Gasteiger partial charge on any atom is -0.495 e. The van der Waals surface area contributed by atoms with Gasteiger partial charge in [-0.25, -0.2) is 4.39 Å². The Morgan fingerprint density at radius 3 is 2.74 bits per heavy atom. The van der Waals surface area contributed by atoms with E-state index in [0.717, 1.165) is 16.8 Å². The molecule has 2 rings (SSSR count). The highest BCUT2D eigenvalue weighted by molar-refractivity contribution is 6.31. The van der Waals surface area contributed by atoms with Gasteiger partial charge in [-0.2, -0.15) is 0 Å². The smallest absolute Gasteiger partial charge is 0.143 e. The number of hydrogen-bond donors (Lipinski definition) is 1. The Balaban J connectivity index is 2.17. The van der Waals surface area contributed by atoms with Crippen LogP contribution in [0.4, 0.5) is 10.1 Å². The van der Waals surface area contributed by atoms with Crippen molar-refractivity contribution < 1.29 is 9.13 Å². The van der Waals surface area contributed by atoms with Gasteiger partial charge in [0.15, 0.2) is 0 Å². The van der Waals surface area contributed by atoms with Crippen molar-refractivity contribution in [3.63, 3.8) is 0 Å². The molecule has 0 aliphatic rings. The Hall–Kier alpha value is -1.74. The fourth-order valence-electron chi connectivity index (χ4n) is 1.81. The first-order chi connectivity index (χ1) is 9.10. The summed E-state index contributed by atoms with van der Waals surface area (Å²) in [6.45, 7) is 2.45. The lowest BCUT2D eigenvalue weighted by molar-refractivity contribution is 0.416. The molecule has 0 aromatic heterocycles. The highest BCUT2D eigenvalue weighted by Gasteiger charge is 2.06. The van der Waals surface area contributed by atoms with Gasteiger partial charge in [-0.15, -0.1) is 0 Å². The molecule has 2 aromatic carbocycles. The third-order valence-corrected chi connectivity index (χ3v) is 3.26. The summed E-state index contributed by atoms with van der Waals surface area (Å²) in [5, 5.41) is 3.89. The van der Waals surface area contributed by atoms with Crippen molar-refractivity contribution in [3.8, 4) is 5.75 Å². The van der Waals surface area contributed by atoms with E-state index in [9.17, 15) is 4.39 Å². The average molecular weight is 280 g/mol. The summed E-state index contributed by atoms with van der Waals surface area (Å²) in [6.07, 6.45) is 0. The number of aryl methyl sites for hydroxylation is 1. The van der Waals surface area contributed by atoms with E-state index in [1.807, 2.05) is 19.1 Å². The predicted molar refractivity (Wildman–Crippen MR) is 76.5 cm³/mol. The highest BCUT2D eigenvalue weighted by atomic mass is 35.5. The lowest BCUT2D eigenvalue weighted by atomic mass is 10.2. The first-order valence-corrected chi connectivity index (χ1v) is 6.30. The number of ether oxygens (including phenoxy) is 1. The van der Waals surface area contributed by atoms with Crippen LogP contribution in [-0.4, -0.2) is 7.11 Å². The first-order valence-electron chi connectivity index (χ1n) is 5.92. The van der Waals surface area contributed by atoms with Gasteiger partial charge in [-0.1, -0.05) is 23.7 Å². The molecule has 0 saturated carbocycles. The van der Waals surface area contributed by atoms with Crippen LogP contribution >= 0.6 is 11.6 Å². The Morgan fingerprint density at radius 1 is 1.26 bits per heavy atom. The highest BCUT2D eigenvalue weighted by Crippen LogP contribution is 2.31. The lowest BCUT2D eigenvalue weighted by Gasteiger charge is -2.13. The van der Waals surface area contributed by atoms with Crippen molar-refractivity contribution in [3.05, 3.63) is 58.4 Å². The normalized spacial score (nSPS) is 10.3. The maximum absolute atomic E-state index is 13.1. The zero-order chi connectivity index (χ0) is 13.8. The molecule has 4 heteroatoms. The summed E-state index contributed by atoms with van der Waals surface area (Å²) >= 11 is 6.05. The Kier molecular flexibility index (Phi) is 4.27. The molecule has 0 bridgehead atoms. The molecule has 0 radical (unpaired) electrons. The van der Waals surface area contributed by atoms with Crippen LogP contribution in [0.15, 0.2) is 36.4 Å². The van der Waals surface area contributed by atoms with Crippen molar-refractivity contribution in [1.29, 1.82) is 0 Å². The third-order valence-electron chi connectivity index (χ3n) is 2.85. The number of halogens is 2. The van der Waals surface area contributed by atoms with Gasteiger partial charge in [0.1, 0.15) is 11.6 Å². The molecule has 0 heterocycles. The van der Waals surface area contributed by atoms with Crippen LogP contribution in [0.1, 0.15) is 11.1 Å². The second kappa shape index (κ2) is 5.93. The van der Waals surface area contributed by atoms with E-state index < -0.39 is 0 Å². The van der Waals surface area contributed by atoms with Crippen LogP contribution < -0.4 is 10.1 Å². The molecule has 19 heavy (non-hydrogen) atoms. The standard InChI is InChI=1S/C15H15ClFNO/c1-10-6-14(15(19-2)8-13(10)16)18-9-11-4-3-5-12(17)7-11/h3-8,18H,9H2,1-2H3. The maximum atomic E-state index is 13.1. The Labute approximate surface area is 117 Å². The minimum absolute atomic E-state index is 0.237. The second-order valence-electron chi connectivity index (χ2n) is 4.29. The quantitative estimate of drug-likeness (QED) is 0.895. The molecule has 0 amide bonds. The van der Waals surface area contributed by atoms with Crippen molar-refractivity contribution >= 4 is 17.3 Å². The predicted octanol–water partition coefficient (Wildman–Crippen LogP) is 4.41. The number of hydrogen-bond acceptors (Lipinski definition) is 2. The Bertz CT molecular complexity index is 586. The number of methoxy groups -OCH3 is 1. The zero-order valence-corrected chi connectivity index (χ0v) is 11.6. The molecule has 0 spiro atoms. The van der Waals surface area contributed by atoms with Crippen LogP contribution in [0.3, 0.4) is 0 Å². The summed E-state index contributed by atoms with van der Waals surface area (Å²) in [5.41, 5.74) is 2.67. The molecular formula is C15H15ClFNO. The van der Waals surface area contributed by atoms with Crippen LogP contribution in [-0.2, 0) is 6.54 Å². The molecular weight excluding hydrogens is 265 g/mol. The lowest BCUT2D eigenvalue weighted by Crippen LogP contribution is -2.02. The number of benzene rings is 2. The van der Waals surface area contributed by atoms with E-state index in [1.54, 1.807) is 19.2 Å². The van der Waals surface area contributed by atoms with Gasteiger partial charge in [0.05, 0.1) is 12.8 Å². The monoisotopic (exact) mass is 279 g/mol. The van der Waals surface area contributed by atoms with Gasteiger partial charge in [0.2, 0.25) is 0 Å². The maximum Gasteiger partial charge on any atom is 0.143 e. The van der Waals surface area contributed by atoms with E-state index >= 15 is 0 Å². The SMILES string of the molecule is COc1cc(Cl)c(C)cc1NCc1cccc(F)c1. The molecule has 0 saturated heterocycles. The van der Waals surface area contributed by atoms with E-state index in [0.29, 0.717) is 17.3 Å². The van der Waals surface area contributed by atoms with Gasteiger partial charge in [-0.05, 0) is 36.2 Å². The van der Waals surface area contributed by atoms with Crippen molar-refractivity contribution in [2.24, 2.45) is 0 Å². The summed E-state index contributed by atoms with van der Waals surface area (Å²) < 4.78 is 18.4. The van der Waals surface area contributed by atoms with E-state index in [2.05, 4.69) is 5.32 Å². The van der Waals surface area contributed by atoms with Crippen LogP contribution in [0.5, 0.6) is 5.75 Å². The molecule has 2 nitrogen and oxygen atoms in total. The van der Waals surface area contributed by atoms with Crippen molar-refractivity contribution in [2.75, 3.05) is 12.4 Å². The van der Waals surface area contributed by atoms with E-state index in [-0.39, 0.29) is 5.82 Å². The minimum atomic E-state index is -0.237. The van der Waals surface area contributed by atoms with Crippen molar-refractivity contribution in [1.82, 2.24) is 0 Å². The molecule has 2 aromatic rings. The van der Waals surface area contributed by atoms with Crippen molar-refractivity contribution in [2.45, 2.75) is 13.5 Å². The van der Waals surface area contributed by atoms with E-state index in [4.69, 9.17) is 16.3 Å². The zero-order valence-electron chi connectivity index (χ0n) is 10.8. The second-order valence-corrected chi connectivity index (χ2v) is 4.69. The molecule has 100 valence electrons. The summed E-state index contributed by atoms with van der Waals surface area (Å²) in [6, 6.07) is 10.2. The number of nitrogens with one attached hydrogen (secondary N) is 1. The molecule has 0 fully saturated rings. The Morgan fingerprint density at radius 2 is 2.05 bits per heavy atom. The van der Waals surface area contributed by atoms with E-state index in [1.165, 1.54) is 12.1 Å². The van der Waals surface area contributed by atoms with Gasteiger partial charge in [0.25, 0.3) is 0 Å². The summed E-state index contributed by atoms with van der Waals surface area (Å²) in [4.78, 5) is 0. The van der Waals surface area contributed by atoms with Gasteiger partial charge >= 0.3 is 0 Å². The molecule has 1 N–H and O–H groups in total. The molecule has 0 unspecified atom stereocenters. The van der Waals surface area contributed by atoms with Gasteiger partial charge in [0, 0.05) is 17.6 Å². The van der Waals surface area contributed by atoms with Crippen LogP contribution in [0.25, 0.3) is 0 Å².